The second-order valence-electron chi connectivity index (χ2n) is 6.78. The third kappa shape index (κ3) is 5.44. The predicted octanol–water partition coefficient (Wildman–Crippen LogP) is 3.05. The van der Waals surface area contributed by atoms with Crippen molar-refractivity contribution in [2.24, 2.45) is 0 Å². The molecule has 3 rings (SSSR count). The Kier molecular flexibility index (Phi) is 6.98. The number of sulfonamides is 1. The normalized spacial score (nSPS) is 11.2. The number of rotatable bonds is 9. The van der Waals surface area contributed by atoms with E-state index < -0.39 is 10.0 Å². The molecule has 31 heavy (non-hydrogen) atoms. The maximum atomic E-state index is 12.8. The topological polar surface area (TPSA) is 98.1 Å². The van der Waals surface area contributed by atoms with Gasteiger partial charge >= 0.3 is 0 Å². The van der Waals surface area contributed by atoms with Crippen LogP contribution >= 0.6 is 0 Å². The fourth-order valence-electron chi connectivity index (χ4n) is 2.98. The van der Waals surface area contributed by atoms with Crippen LogP contribution in [0.1, 0.15) is 21.7 Å². The molecule has 2 aromatic carbocycles. The first-order chi connectivity index (χ1) is 14.8. The summed E-state index contributed by atoms with van der Waals surface area (Å²) in [6.45, 7) is 0.397. The highest BCUT2D eigenvalue weighted by atomic mass is 32.2. The molecule has 1 aromatic heterocycles. The molecule has 0 radical (unpaired) electrons. The smallest absolute Gasteiger partial charge is 0.253 e. The molecular weight excluding hydrogens is 420 g/mol. The number of carbonyl (C=O) groups is 1. The van der Waals surface area contributed by atoms with Crippen molar-refractivity contribution in [3.05, 3.63) is 77.7 Å². The molecule has 164 valence electrons. The van der Waals surface area contributed by atoms with Gasteiger partial charge in [-0.25, -0.2) is 13.1 Å². The van der Waals surface area contributed by atoms with E-state index in [0.717, 1.165) is 5.56 Å². The molecule has 1 amide bonds. The Morgan fingerprint density at radius 3 is 2.35 bits per heavy atom. The largest absolute Gasteiger partial charge is 0.493 e. The minimum absolute atomic E-state index is 0.0457. The van der Waals surface area contributed by atoms with E-state index in [0.29, 0.717) is 29.4 Å². The van der Waals surface area contributed by atoms with E-state index >= 15 is 0 Å². The Morgan fingerprint density at radius 1 is 1.03 bits per heavy atom. The van der Waals surface area contributed by atoms with Gasteiger partial charge < -0.3 is 18.8 Å². The lowest BCUT2D eigenvalue weighted by molar-refractivity contribution is 0.0785. The van der Waals surface area contributed by atoms with Crippen LogP contribution in [0.25, 0.3) is 0 Å². The van der Waals surface area contributed by atoms with E-state index in [1.54, 1.807) is 44.4 Å². The van der Waals surface area contributed by atoms with Gasteiger partial charge in [-0.1, -0.05) is 6.07 Å². The first-order valence-electron chi connectivity index (χ1n) is 9.42. The summed E-state index contributed by atoms with van der Waals surface area (Å²) < 4.78 is 43.0. The quantitative estimate of drug-likeness (QED) is 0.545. The van der Waals surface area contributed by atoms with E-state index in [-0.39, 0.29) is 17.3 Å². The molecule has 8 nitrogen and oxygen atoms in total. The van der Waals surface area contributed by atoms with E-state index in [1.165, 1.54) is 30.5 Å². The van der Waals surface area contributed by atoms with Gasteiger partial charge in [0.15, 0.2) is 11.5 Å². The molecule has 0 unspecified atom stereocenters. The van der Waals surface area contributed by atoms with Gasteiger partial charge in [-0.2, -0.15) is 0 Å². The number of hydrogen-bond acceptors (Lipinski definition) is 6. The summed E-state index contributed by atoms with van der Waals surface area (Å²) in [6, 6.07) is 14.6. The Morgan fingerprint density at radius 2 is 1.74 bits per heavy atom. The van der Waals surface area contributed by atoms with Crippen molar-refractivity contribution in [2.45, 2.75) is 18.0 Å². The lowest BCUT2D eigenvalue weighted by Crippen LogP contribution is -2.26. The van der Waals surface area contributed by atoms with Crippen LogP contribution < -0.4 is 14.2 Å². The summed E-state index contributed by atoms with van der Waals surface area (Å²) in [5.74, 6) is 1.46. The monoisotopic (exact) mass is 444 g/mol. The van der Waals surface area contributed by atoms with Gasteiger partial charge in [0.2, 0.25) is 10.0 Å². The minimum atomic E-state index is -3.72. The van der Waals surface area contributed by atoms with E-state index in [4.69, 9.17) is 13.9 Å². The Hall–Kier alpha value is -3.30. The summed E-state index contributed by atoms with van der Waals surface area (Å²) in [6.07, 6.45) is 1.47. The van der Waals surface area contributed by atoms with Gasteiger partial charge in [0.1, 0.15) is 5.76 Å². The standard InChI is InChI=1S/C22H24N2O6S/c1-24(15-16-6-11-20(28-2)21(13-16)29-3)22(25)17-7-9-19(10-8-17)31(26,27)23-14-18-5-4-12-30-18/h4-13,23H,14-15H2,1-3H3. The lowest BCUT2D eigenvalue weighted by atomic mass is 10.1. The van der Waals surface area contributed by atoms with Crippen LogP contribution in [0.3, 0.4) is 0 Å². The maximum absolute atomic E-state index is 12.8. The molecule has 0 spiro atoms. The molecule has 0 saturated heterocycles. The number of ether oxygens (including phenoxy) is 2. The number of hydrogen-bond donors (Lipinski definition) is 1. The Balaban J connectivity index is 1.66. The molecule has 0 fully saturated rings. The predicted molar refractivity (Wildman–Crippen MR) is 115 cm³/mol. The highest BCUT2D eigenvalue weighted by molar-refractivity contribution is 7.89. The van der Waals surface area contributed by atoms with Crippen LogP contribution in [-0.2, 0) is 23.1 Å². The number of benzene rings is 2. The first kappa shape index (κ1) is 22.4. The summed E-state index contributed by atoms with van der Waals surface area (Å²) in [7, 11) is 1.06. The molecule has 9 heteroatoms. The molecule has 0 aliphatic heterocycles. The third-order valence-electron chi connectivity index (χ3n) is 4.64. The number of nitrogens with zero attached hydrogens (tertiary/aromatic N) is 1. The fourth-order valence-corrected chi connectivity index (χ4v) is 3.98. The zero-order valence-corrected chi connectivity index (χ0v) is 18.3. The molecule has 1 N–H and O–H groups in total. The van der Waals surface area contributed by atoms with Crippen LogP contribution in [-0.4, -0.2) is 40.5 Å². The van der Waals surface area contributed by atoms with Crippen LogP contribution in [0.2, 0.25) is 0 Å². The number of carbonyl (C=O) groups excluding carboxylic acids is 1. The van der Waals surface area contributed by atoms with Gasteiger partial charge in [-0.15, -0.1) is 0 Å². The van der Waals surface area contributed by atoms with Crippen molar-refractivity contribution in [1.82, 2.24) is 9.62 Å². The molecule has 0 aliphatic carbocycles. The zero-order valence-electron chi connectivity index (χ0n) is 17.5. The van der Waals surface area contributed by atoms with Crippen molar-refractivity contribution in [1.29, 1.82) is 0 Å². The fraction of sp³-hybridized carbons (Fsp3) is 0.227. The van der Waals surface area contributed by atoms with Crippen LogP contribution in [0, 0.1) is 0 Å². The minimum Gasteiger partial charge on any atom is -0.493 e. The Bertz CT molecular complexity index is 1130. The molecule has 1 heterocycles. The summed E-state index contributed by atoms with van der Waals surface area (Å²) >= 11 is 0. The van der Waals surface area contributed by atoms with Gasteiger partial charge in [0, 0.05) is 19.2 Å². The second kappa shape index (κ2) is 9.67. The number of furan rings is 1. The van der Waals surface area contributed by atoms with Crippen molar-refractivity contribution in [3.63, 3.8) is 0 Å². The van der Waals surface area contributed by atoms with E-state index in [9.17, 15) is 13.2 Å². The van der Waals surface area contributed by atoms with Crippen LogP contribution in [0.5, 0.6) is 11.5 Å². The molecular formula is C22H24N2O6S. The van der Waals surface area contributed by atoms with Crippen LogP contribution in [0.15, 0.2) is 70.2 Å². The van der Waals surface area contributed by atoms with Crippen molar-refractivity contribution in [3.8, 4) is 11.5 Å². The summed E-state index contributed by atoms with van der Waals surface area (Å²) in [4.78, 5) is 14.4. The van der Waals surface area contributed by atoms with Crippen LogP contribution in [0.4, 0.5) is 0 Å². The van der Waals surface area contributed by atoms with E-state index in [2.05, 4.69) is 4.72 Å². The van der Waals surface area contributed by atoms with Gasteiger partial charge in [-0.3, -0.25) is 4.79 Å². The van der Waals surface area contributed by atoms with Gasteiger partial charge in [0.25, 0.3) is 5.91 Å². The molecule has 0 atom stereocenters. The van der Waals surface area contributed by atoms with Crippen molar-refractivity contribution < 1.29 is 27.1 Å². The number of methoxy groups -OCH3 is 2. The first-order valence-corrected chi connectivity index (χ1v) is 10.9. The average molecular weight is 445 g/mol. The molecule has 0 bridgehead atoms. The molecule has 0 saturated carbocycles. The molecule has 0 aliphatic rings. The second-order valence-corrected chi connectivity index (χ2v) is 8.55. The van der Waals surface area contributed by atoms with Gasteiger partial charge in [0.05, 0.1) is 31.9 Å². The number of amides is 1. The summed E-state index contributed by atoms with van der Waals surface area (Å²) in [5, 5.41) is 0. The average Bonchev–Trinajstić information content (AvgIpc) is 3.31. The van der Waals surface area contributed by atoms with E-state index in [1.807, 2.05) is 12.1 Å². The van der Waals surface area contributed by atoms with Gasteiger partial charge in [-0.05, 0) is 54.1 Å². The third-order valence-corrected chi connectivity index (χ3v) is 6.06. The maximum Gasteiger partial charge on any atom is 0.253 e. The zero-order chi connectivity index (χ0) is 22.4. The Labute approximate surface area is 181 Å². The van der Waals surface area contributed by atoms with Crippen molar-refractivity contribution >= 4 is 15.9 Å². The highest BCUT2D eigenvalue weighted by Crippen LogP contribution is 2.28. The van der Waals surface area contributed by atoms with Crippen molar-refractivity contribution in [2.75, 3.05) is 21.3 Å². The SMILES string of the molecule is COc1ccc(CN(C)C(=O)c2ccc(S(=O)(=O)NCc3ccco3)cc2)cc1OC. The molecule has 3 aromatic rings. The lowest BCUT2D eigenvalue weighted by Gasteiger charge is -2.18. The number of nitrogens with one attached hydrogen (secondary N) is 1. The summed E-state index contributed by atoms with van der Waals surface area (Å²) in [5.41, 5.74) is 1.25. The highest BCUT2D eigenvalue weighted by Gasteiger charge is 2.17.